The van der Waals surface area contributed by atoms with Crippen molar-refractivity contribution in [3.8, 4) is 11.8 Å². The van der Waals surface area contributed by atoms with E-state index < -0.39 is 0 Å². The smallest absolute Gasteiger partial charge is 0.143 e. The Kier molecular flexibility index (Phi) is 5.18. The van der Waals surface area contributed by atoms with Crippen LogP contribution >= 0.6 is 0 Å². The van der Waals surface area contributed by atoms with Crippen molar-refractivity contribution in [2.24, 2.45) is 5.92 Å². The monoisotopic (exact) mass is 388 g/mol. The van der Waals surface area contributed by atoms with Gasteiger partial charge in [0.25, 0.3) is 0 Å². The number of carbonyl (C=O) groups excluding carboxylic acids is 1. The van der Waals surface area contributed by atoms with Crippen LogP contribution in [-0.4, -0.2) is 5.78 Å². The van der Waals surface area contributed by atoms with E-state index in [2.05, 4.69) is 17.5 Å². The van der Waals surface area contributed by atoms with Crippen LogP contribution in [0.4, 0.5) is 4.39 Å². The Morgan fingerprint density at radius 1 is 1.14 bits per heavy atom. The molecule has 1 aliphatic carbocycles. The number of ketones is 1. The molecule has 2 atom stereocenters. The summed E-state index contributed by atoms with van der Waals surface area (Å²) in [6.07, 6.45) is 3.30. The third-order valence-electron chi connectivity index (χ3n) is 5.50. The Hall–Kier alpha value is -3.39. The maximum absolute atomic E-state index is 13.0. The number of allylic oxidation sites excluding steroid dienone is 4. The fourth-order valence-electron chi connectivity index (χ4n) is 4.04. The second kappa shape index (κ2) is 7.92. The molecule has 0 amide bonds. The summed E-state index contributed by atoms with van der Waals surface area (Å²) in [4.78, 5) is 12.7. The van der Waals surface area contributed by atoms with Crippen molar-refractivity contribution >= 4 is 5.78 Å². The van der Waals surface area contributed by atoms with E-state index in [4.69, 9.17) is 4.74 Å². The van der Waals surface area contributed by atoms with Gasteiger partial charge in [-0.3, -0.25) is 4.79 Å². The number of carbonyl (C=O) groups is 1. The van der Waals surface area contributed by atoms with Gasteiger partial charge >= 0.3 is 0 Å². The Balaban J connectivity index is 1.58. The van der Waals surface area contributed by atoms with E-state index >= 15 is 0 Å². The third-order valence-corrected chi connectivity index (χ3v) is 5.50. The zero-order chi connectivity index (χ0) is 20.4. The molecule has 2 aliphatic rings. The fourth-order valence-corrected chi connectivity index (χ4v) is 4.04. The number of benzene rings is 2. The molecule has 146 valence electrons. The molecule has 29 heavy (non-hydrogen) atoms. The first-order chi connectivity index (χ1) is 14.1. The van der Waals surface area contributed by atoms with E-state index in [1.165, 1.54) is 12.1 Å². The summed E-state index contributed by atoms with van der Waals surface area (Å²) < 4.78 is 18.8. The van der Waals surface area contributed by atoms with Crippen molar-refractivity contribution in [1.82, 2.24) is 5.32 Å². The molecule has 4 rings (SSSR count). The molecule has 5 heteroatoms. The van der Waals surface area contributed by atoms with Gasteiger partial charge in [0.1, 0.15) is 24.0 Å². The highest BCUT2D eigenvalue weighted by Crippen LogP contribution is 2.43. The minimum absolute atomic E-state index is 0.164. The summed E-state index contributed by atoms with van der Waals surface area (Å²) in [5, 5.41) is 13.0. The Bertz CT molecular complexity index is 1030. The fraction of sp³-hybridized carbons (Fsp3) is 0.250. The minimum atomic E-state index is -0.340. The number of halogens is 1. The first-order valence-corrected chi connectivity index (χ1v) is 9.64. The number of Topliss-reactive ketones (excluding diaryl/α,β-unsaturated/α-hetero) is 1. The predicted molar refractivity (Wildman–Crippen MR) is 107 cm³/mol. The van der Waals surface area contributed by atoms with Gasteiger partial charge in [0, 0.05) is 23.7 Å². The van der Waals surface area contributed by atoms with Gasteiger partial charge in [0.2, 0.25) is 0 Å². The van der Waals surface area contributed by atoms with Crippen molar-refractivity contribution in [3.05, 3.63) is 88.5 Å². The van der Waals surface area contributed by atoms with Crippen LogP contribution in [0.1, 0.15) is 36.8 Å². The van der Waals surface area contributed by atoms with Crippen LogP contribution in [0, 0.1) is 23.1 Å². The largest absolute Gasteiger partial charge is 0.489 e. The number of hydrogen-bond acceptors (Lipinski definition) is 4. The van der Waals surface area contributed by atoms with Gasteiger partial charge in [-0.1, -0.05) is 30.3 Å². The lowest BCUT2D eigenvalue weighted by molar-refractivity contribution is -0.122. The zero-order valence-electron chi connectivity index (χ0n) is 16.1. The molecule has 1 N–H and O–H groups in total. The Morgan fingerprint density at radius 3 is 2.55 bits per heavy atom. The molecule has 2 aromatic rings. The van der Waals surface area contributed by atoms with Gasteiger partial charge in [0.05, 0.1) is 17.6 Å². The Morgan fingerprint density at radius 2 is 1.86 bits per heavy atom. The summed E-state index contributed by atoms with van der Waals surface area (Å²) in [7, 11) is 0. The lowest BCUT2D eigenvalue weighted by atomic mass is 9.71. The molecule has 2 aromatic carbocycles. The molecule has 0 saturated heterocycles. The highest BCUT2D eigenvalue weighted by atomic mass is 19.1. The van der Waals surface area contributed by atoms with Crippen LogP contribution in [0.25, 0.3) is 0 Å². The van der Waals surface area contributed by atoms with Gasteiger partial charge in [-0.05, 0) is 48.7 Å². The summed E-state index contributed by atoms with van der Waals surface area (Å²) >= 11 is 0. The van der Waals surface area contributed by atoms with E-state index in [1.54, 1.807) is 12.1 Å². The molecule has 1 aliphatic heterocycles. The second-order valence-corrected chi connectivity index (χ2v) is 7.38. The SMILES string of the molecule is CC1=C(C#N)C(c2ccc(OCc3ccc(F)cc3)cc2)C2C(=O)CCC=C2N1. The molecule has 2 unspecified atom stereocenters. The standard InChI is InChI=1S/C24H21FN2O2/c1-15-20(13-26)23(24-21(27-15)3-2-4-22(24)28)17-7-11-19(12-8-17)29-14-16-5-9-18(25)10-6-16/h3,5-12,23-24,27H,2,4,14H2,1H3. The molecule has 0 radical (unpaired) electrons. The lowest BCUT2D eigenvalue weighted by Gasteiger charge is -2.36. The van der Waals surface area contributed by atoms with E-state index in [1.807, 2.05) is 31.2 Å². The summed E-state index contributed by atoms with van der Waals surface area (Å²) in [5.74, 6) is -0.0595. The highest BCUT2D eigenvalue weighted by Gasteiger charge is 2.40. The topological polar surface area (TPSA) is 62.1 Å². The van der Waals surface area contributed by atoms with Crippen LogP contribution in [0.3, 0.4) is 0 Å². The number of nitriles is 1. The number of nitrogens with one attached hydrogen (secondary N) is 1. The maximum Gasteiger partial charge on any atom is 0.143 e. The highest BCUT2D eigenvalue weighted by molar-refractivity contribution is 5.87. The van der Waals surface area contributed by atoms with Gasteiger partial charge in [-0.2, -0.15) is 5.26 Å². The van der Waals surface area contributed by atoms with E-state index in [9.17, 15) is 14.4 Å². The van der Waals surface area contributed by atoms with Gasteiger partial charge in [-0.15, -0.1) is 0 Å². The van der Waals surface area contributed by atoms with Crippen LogP contribution in [-0.2, 0) is 11.4 Å². The van der Waals surface area contributed by atoms with E-state index in [0.717, 1.165) is 28.9 Å². The number of nitrogens with zero attached hydrogens (tertiary/aromatic N) is 1. The predicted octanol–water partition coefficient (Wildman–Crippen LogP) is 4.75. The second-order valence-electron chi connectivity index (χ2n) is 7.38. The third kappa shape index (κ3) is 3.79. The molecule has 0 spiro atoms. The minimum Gasteiger partial charge on any atom is -0.489 e. The summed E-state index contributed by atoms with van der Waals surface area (Å²) in [6, 6.07) is 16.0. The van der Waals surface area contributed by atoms with Gasteiger partial charge in [0.15, 0.2) is 0 Å². The lowest BCUT2D eigenvalue weighted by Crippen LogP contribution is -2.38. The Labute approximate surface area is 169 Å². The van der Waals surface area contributed by atoms with Crippen molar-refractivity contribution in [1.29, 1.82) is 5.26 Å². The average Bonchev–Trinajstić information content (AvgIpc) is 2.73. The first-order valence-electron chi connectivity index (χ1n) is 9.64. The molecular weight excluding hydrogens is 367 g/mol. The van der Waals surface area contributed by atoms with E-state index in [-0.39, 0.29) is 23.4 Å². The molecule has 0 saturated carbocycles. The average molecular weight is 388 g/mol. The van der Waals surface area contributed by atoms with Crippen molar-refractivity contribution < 1.29 is 13.9 Å². The van der Waals surface area contributed by atoms with Crippen LogP contribution in [0.15, 0.2) is 71.6 Å². The number of fused-ring (bicyclic) bond motifs is 1. The van der Waals surface area contributed by atoms with Gasteiger partial charge < -0.3 is 10.1 Å². The quantitative estimate of drug-likeness (QED) is 0.821. The molecule has 0 fully saturated rings. The maximum atomic E-state index is 13.0. The first kappa shape index (κ1) is 18.9. The van der Waals surface area contributed by atoms with Crippen molar-refractivity contribution in [2.75, 3.05) is 0 Å². The summed E-state index contributed by atoms with van der Waals surface area (Å²) in [6.45, 7) is 2.21. The molecule has 0 bridgehead atoms. The van der Waals surface area contributed by atoms with Crippen LogP contribution in [0.5, 0.6) is 5.75 Å². The van der Waals surface area contributed by atoms with Crippen LogP contribution < -0.4 is 10.1 Å². The van der Waals surface area contributed by atoms with Crippen molar-refractivity contribution in [3.63, 3.8) is 0 Å². The summed E-state index contributed by atoms with van der Waals surface area (Å²) in [5.41, 5.74) is 4.09. The zero-order valence-corrected chi connectivity index (χ0v) is 16.1. The molecule has 0 aromatic heterocycles. The van der Waals surface area contributed by atoms with E-state index in [0.29, 0.717) is 24.4 Å². The van der Waals surface area contributed by atoms with Gasteiger partial charge in [-0.25, -0.2) is 4.39 Å². The van der Waals surface area contributed by atoms with Crippen LogP contribution in [0.2, 0.25) is 0 Å². The molecule has 4 nitrogen and oxygen atoms in total. The molecular formula is C24H21FN2O2. The normalized spacial score (nSPS) is 21.0. The number of hydrogen-bond donors (Lipinski definition) is 1. The van der Waals surface area contributed by atoms with Crippen molar-refractivity contribution in [2.45, 2.75) is 32.3 Å². The number of ether oxygens (including phenoxy) is 1. The number of rotatable bonds is 4. The molecule has 1 heterocycles.